The normalized spacial score (nSPS) is 17.5. The Balaban J connectivity index is 1.76. The van der Waals surface area contributed by atoms with Gasteiger partial charge in [0.15, 0.2) is 0 Å². The largest absolute Gasteiger partial charge is 0.491 e. The summed E-state index contributed by atoms with van der Waals surface area (Å²) in [5, 5.41) is 0. The van der Waals surface area contributed by atoms with Crippen molar-refractivity contribution in [1.82, 2.24) is 9.88 Å². The van der Waals surface area contributed by atoms with Crippen molar-refractivity contribution in [2.45, 2.75) is 38.8 Å². The minimum absolute atomic E-state index is 0.0641. The lowest BCUT2D eigenvalue weighted by Crippen LogP contribution is -2.30. The molecule has 2 aromatic rings. The van der Waals surface area contributed by atoms with Crippen LogP contribution in [0.3, 0.4) is 0 Å². The SMILES string of the molecule is CC(C)Oc1ccc(C(=O)N2CCC[C@H]2c2ccccn2)cc1. The third-order valence-electron chi connectivity index (χ3n) is 4.02. The molecule has 1 saturated heterocycles. The monoisotopic (exact) mass is 310 g/mol. The number of hydrogen-bond donors (Lipinski definition) is 0. The van der Waals surface area contributed by atoms with E-state index in [9.17, 15) is 4.79 Å². The van der Waals surface area contributed by atoms with Crippen molar-refractivity contribution in [2.75, 3.05) is 6.54 Å². The number of rotatable bonds is 4. The van der Waals surface area contributed by atoms with Gasteiger partial charge in [0.05, 0.1) is 17.8 Å². The maximum atomic E-state index is 12.8. The minimum Gasteiger partial charge on any atom is -0.491 e. The quantitative estimate of drug-likeness (QED) is 0.861. The average molecular weight is 310 g/mol. The molecule has 1 amide bonds. The number of aromatic nitrogens is 1. The molecule has 0 radical (unpaired) electrons. The van der Waals surface area contributed by atoms with Crippen LogP contribution in [0, 0.1) is 0 Å². The van der Waals surface area contributed by atoms with Crippen molar-refractivity contribution < 1.29 is 9.53 Å². The summed E-state index contributed by atoms with van der Waals surface area (Å²) >= 11 is 0. The van der Waals surface area contributed by atoms with Gasteiger partial charge in [-0.25, -0.2) is 0 Å². The summed E-state index contributed by atoms with van der Waals surface area (Å²) in [4.78, 5) is 19.2. The smallest absolute Gasteiger partial charge is 0.254 e. The Morgan fingerprint density at radius 2 is 2.00 bits per heavy atom. The van der Waals surface area contributed by atoms with Crippen LogP contribution in [-0.2, 0) is 0 Å². The van der Waals surface area contributed by atoms with Crippen LogP contribution in [-0.4, -0.2) is 28.4 Å². The molecule has 4 heteroatoms. The number of benzene rings is 1. The lowest BCUT2D eigenvalue weighted by atomic mass is 10.1. The summed E-state index contributed by atoms with van der Waals surface area (Å²) in [6, 6.07) is 13.4. The van der Waals surface area contributed by atoms with Crippen LogP contribution in [0.4, 0.5) is 0 Å². The molecule has 1 atom stereocenters. The zero-order chi connectivity index (χ0) is 16.2. The molecule has 0 aliphatic carbocycles. The minimum atomic E-state index is 0.0641. The maximum absolute atomic E-state index is 12.8. The van der Waals surface area contributed by atoms with Crippen LogP contribution >= 0.6 is 0 Å². The first-order valence-electron chi connectivity index (χ1n) is 8.14. The van der Waals surface area contributed by atoms with Gasteiger partial charge in [-0.3, -0.25) is 9.78 Å². The number of hydrogen-bond acceptors (Lipinski definition) is 3. The highest BCUT2D eigenvalue weighted by atomic mass is 16.5. The van der Waals surface area contributed by atoms with E-state index in [1.807, 2.05) is 61.2 Å². The van der Waals surface area contributed by atoms with Gasteiger partial charge in [-0.2, -0.15) is 0 Å². The first-order valence-corrected chi connectivity index (χ1v) is 8.14. The molecular formula is C19H22N2O2. The predicted octanol–water partition coefficient (Wildman–Crippen LogP) is 3.85. The van der Waals surface area contributed by atoms with Crippen LogP contribution in [0.15, 0.2) is 48.7 Å². The van der Waals surface area contributed by atoms with E-state index >= 15 is 0 Å². The first-order chi connectivity index (χ1) is 11.1. The van der Waals surface area contributed by atoms with Crippen LogP contribution in [0.2, 0.25) is 0 Å². The van der Waals surface area contributed by atoms with Gasteiger partial charge in [-0.1, -0.05) is 6.07 Å². The Labute approximate surface area is 137 Å². The van der Waals surface area contributed by atoms with Gasteiger partial charge in [0, 0.05) is 18.3 Å². The Morgan fingerprint density at radius 1 is 1.22 bits per heavy atom. The molecule has 1 aromatic heterocycles. The van der Waals surface area contributed by atoms with Gasteiger partial charge in [0.25, 0.3) is 5.91 Å². The fraction of sp³-hybridized carbons (Fsp3) is 0.368. The van der Waals surface area contributed by atoms with Crippen LogP contribution in [0.1, 0.15) is 48.8 Å². The number of nitrogens with zero attached hydrogens (tertiary/aromatic N) is 2. The fourth-order valence-corrected chi connectivity index (χ4v) is 3.00. The second-order valence-electron chi connectivity index (χ2n) is 6.10. The van der Waals surface area contributed by atoms with E-state index < -0.39 is 0 Å². The molecule has 23 heavy (non-hydrogen) atoms. The molecule has 0 unspecified atom stereocenters. The highest BCUT2D eigenvalue weighted by Gasteiger charge is 2.31. The van der Waals surface area contributed by atoms with Gasteiger partial charge in [0.2, 0.25) is 0 Å². The standard InChI is InChI=1S/C19H22N2O2/c1-14(2)23-16-10-8-15(9-11-16)19(22)21-13-5-7-18(21)17-6-3-4-12-20-17/h3-4,6,8-12,14,18H,5,7,13H2,1-2H3/t18-/m0/s1. The number of pyridine rings is 1. The van der Waals surface area contributed by atoms with E-state index in [-0.39, 0.29) is 18.1 Å². The zero-order valence-corrected chi connectivity index (χ0v) is 13.6. The molecule has 0 spiro atoms. The van der Waals surface area contributed by atoms with Crippen molar-refractivity contribution in [3.05, 3.63) is 59.9 Å². The third kappa shape index (κ3) is 3.52. The van der Waals surface area contributed by atoms with E-state index in [0.717, 1.165) is 30.8 Å². The van der Waals surface area contributed by atoms with E-state index in [1.165, 1.54) is 0 Å². The zero-order valence-electron chi connectivity index (χ0n) is 13.6. The van der Waals surface area contributed by atoms with Crippen LogP contribution < -0.4 is 4.74 Å². The molecular weight excluding hydrogens is 288 g/mol. The first kappa shape index (κ1) is 15.5. The highest BCUT2D eigenvalue weighted by Crippen LogP contribution is 2.32. The molecule has 3 rings (SSSR count). The predicted molar refractivity (Wildman–Crippen MR) is 89.5 cm³/mol. The summed E-state index contributed by atoms with van der Waals surface area (Å²) in [7, 11) is 0. The van der Waals surface area contributed by atoms with Crippen molar-refractivity contribution in [3.8, 4) is 5.75 Å². The molecule has 0 saturated carbocycles. The molecule has 1 aliphatic rings. The summed E-state index contributed by atoms with van der Waals surface area (Å²) in [5.41, 5.74) is 1.67. The van der Waals surface area contributed by atoms with Crippen molar-refractivity contribution in [1.29, 1.82) is 0 Å². The summed E-state index contributed by atoms with van der Waals surface area (Å²) in [6.45, 7) is 4.76. The van der Waals surface area contributed by atoms with E-state index in [0.29, 0.717) is 5.56 Å². The molecule has 1 fully saturated rings. The van der Waals surface area contributed by atoms with E-state index in [2.05, 4.69) is 4.98 Å². The number of amides is 1. The Hall–Kier alpha value is -2.36. The van der Waals surface area contributed by atoms with Crippen LogP contribution in [0.5, 0.6) is 5.75 Å². The Bertz CT molecular complexity index is 653. The molecule has 0 N–H and O–H groups in total. The number of carbonyl (C=O) groups excluding carboxylic acids is 1. The van der Waals surface area contributed by atoms with Crippen molar-refractivity contribution in [2.24, 2.45) is 0 Å². The second-order valence-corrected chi connectivity index (χ2v) is 6.10. The van der Waals surface area contributed by atoms with Crippen molar-refractivity contribution in [3.63, 3.8) is 0 Å². The molecule has 120 valence electrons. The van der Waals surface area contributed by atoms with Gasteiger partial charge < -0.3 is 9.64 Å². The molecule has 2 heterocycles. The Kier molecular flexibility index (Phi) is 4.60. The lowest BCUT2D eigenvalue weighted by molar-refractivity contribution is 0.0733. The number of likely N-dealkylation sites (tertiary alicyclic amines) is 1. The topological polar surface area (TPSA) is 42.4 Å². The van der Waals surface area contributed by atoms with E-state index in [4.69, 9.17) is 4.74 Å². The molecule has 4 nitrogen and oxygen atoms in total. The van der Waals surface area contributed by atoms with Gasteiger partial charge in [-0.15, -0.1) is 0 Å². The maximum Gasteiger partial charge on any atom is 0.254 e. The van der Waals surface area contributed by atoms with Crippen molar-refractivity contribution >= 4 is 5.91 Å². The third-order valence-corrected chi connectivity index (χ3v) is 4.02. The van der Waals surface area contributed by atoms with Gasteiger partial charge in [0.1, 0.15) is 5.75 Å². The van der Waals surface area contributed by atoms with Crippen LogP contribution in [0.25, 0.3) is 0 Å². The summed E-state index contributed by atoms with van der Waals surface area (Å²) < 4.78 is 5.63. The Morgan fingerprint density at radius 3 is 2.65 bits per heavy atom. The second kappa shape index (κ2) is 6.82. The number of ether oxygens (including phenoxy) is 1. The average Bonchev–Trinajstić information content (AvgIpc) is 3.05. The highest BCUT2D eigenvalue weighted by molar-refractivity contribution is 5.94. The van der Waals surface area contributed by atoms with Gasteiger partial charge in [-0.05, 0) is 63.1 Å². The molecule has 1 aromatic carbocycles. The molecule has 1 aliphatic heterocycles. The molecule has 0 bridgehead atoms. The summed E-state index contributed by atoms with van der Waals surface area (Å²) in [6.07, 6.45) is 3.90. The lowest BCUT2D eigenvalue weighted by Gasteiger charge is -2.24. The summed E-state index contributed by atoms with van der Waals surface area (Å²) in [5.74, 6) is 0.855. The fourth-order valence-electron chi connectivity index (χ4n) is 3.00. The number of carbonyl (C=O) groups is 1. The van der Waals surface area contributed by atoms with E-state index in [1.54, 1.807) is 6.20 Å². The van der Waals surface area contributed by atoms with Gasteiger partial charge >= 0.3 is 0 Å².